The van der Waals surface area contributed by atoms with Crippen LogP contribution in [0.15, 0.2) is 35.5 Å². The van der Waals surface area contributed by atoms with Crippen molar-refractivity contribution in [2.75, 3.05) is 30.9 Å². The second kappa shape index (κ2) is 8.87. The largest absolute Gasteiger partial charge is 0.466 e. The Balaban J connectivity index is 2.02. The molecule has 1 aromatic carbocycles. The molecular weight excluding hydrogens is 360 g/mol. The van der Waals surface area contributed by atoms with Gasteiger partial charge in [-0.3, -0.25) is 4.79 Å². The lowest BCUT2D eigenvalue weighted by Crippen LogP contribution is -2.40. The lowest BCUT2D eigenvalue weighted by Gasteiger charge is -2.33. The Bertz CT molecular complexity index is 851. The number of benzene rings is 1. The summed E-state index contributed by atoms with van der Waals surface area (Å²) in [5, 5.41) is 10.5. The standard InChI is InChI=1S/C20H22N4O2S/c1-3-26-19(25)15-10-7-11-24(13-15)18-16(12-21)17(22-20(23-18)27-2)14-8-5-4-6-9-14/h4-6,8-9,15H,3,7,10-11,13H2,1-2H3/t15-/m0/s1. The fraction of sp³-hybridized carbons (Fsp3) is 0.400. The van der Waals surface area contributed by atoms with Crippen molar-refractivity contribution >= 4 is 23.5 Å². The van der Waals surface area contributed by atoms with E-state index in [-0.39, 0.29) is 11.9 Å². The summed E-state index contributed by atoms with van der Waals surface area (Å²) in [6.07, 6.45) is 3.56. The summed E-state index contributed by atoms with van der Waals surface area (Å²) in [5.74, 6) is 0.228. The van der Waals surface area contributed by atoms with Crippen molar-refractivity contribution in [1.82, 2.24) is 9.97 Å². The predicted octanol–water partition coefficient (Wildman–Crippen LogP) is 3.52. The molecule has 0 unspecified atom stereocenters. The molecule has 1 atom stereocenters. The zero-order valence-corrected chi connectivity index (χ0v) is 16.3. The maximum Gasteiger partial charge on any atom is 0.310 e. The Hall–Kier alpha value is -2.59. The highest BCUT2D eigenvalue weighted by atomic mass is 32.2. The van der Waals surface area contributed by atoms with Crippen molar-refractivity contribution in [3.05, 3.63) is 35.9 Å². The SMILES string of the molecule is CCOC(=O)[C@H]1CCCN(c2nc(SC)nc(-c3ccccc3)c2C#N)C1. The van der Waals surface area contributed by atoms with Crippen LogP contribution in [0.5, 0.6) is 0 Å². The number of aromatic nitrogens is 2. The van der Waals surface area contributed by atoms with E-state index in [0.717, 1.165) is 24.9 Å². The molecule has 1 fully saturated rings. The molecule has 0 bridgehead atoms. The number of ether oxygens (including phenoxy) is 1. The maximum absolute atomic E-state index is 12.2. The van der Waals surface area contributed by atoms with E-state index in [1.165, 1.54) is 11.8 Å². The Labute approximate surface area is 163 Å². The number of hydrogen-bond donors (Lipinski definition) is 0. The molecule has 0 spiro atoms. The number of rotatable bonds is 5. The minimum Gasteiger partial charge on any atom is -0.466 e. The number of anilines is 1. The van der Waals surface area contributed by atoms with Crippen molar-refractivity contribution in [1.29, 1.82) is 5.26 Å². The third kappa shape index (κ3) is 4.22. The molecule has 1 aromatic heterocycles. The molecule has 0 radical (unpaired) electrons. The van der Waals surface area contributed by atoms with Gasteiger partial charge >= 0.3 is 5.97 Å². The van der Waals surface area contributed by atoms with Crippen molar-refractivity contribution in [2.45, 2.75) is 24.9 Å². The van der Waals surface area contributed by atoms with Gasteiger partial charge in [0.2, 0.25) is 0 Å². The van der Waals surface area contributed by atoms with Crippen LogP contribution in [0, 0.1) is 17.2 Å². The Morgan fingerprint density at radius 2 is 2.15 bits per heavy atom. The monoisotopic (exact) mass is 382 g/mol. The van der Waals surface area contributed by atoms with Gasteiger partial charge in [0, 0.05) is 18.7 Å². The summed E-state index contributed by atoms with van der Waals surface area (Å²) in [7, 11) is 0. The molecule has 3 rings (SSSR count). The van der Waals surface area contributed by atoms with Gasteiger partial charge in [-0.2, -0.15) is 5.26 Å². The molecule has 27 heavy (non-hydrogen) atoms. The lowest BCUT2D eigenvalue weighted by molar-refractivity contribution is -0.148. The van der Waals surface area contributed by atoms with Crippen LogP contribution in [0.1, 0.15) is 25.3 Å². The van der Waals surface area contributed by atoms with Gasteiger partial charge in [-0.1, -0.05) is 42.1 Å². The molecule has 140 valence electrons. The first-order chi connectivity index (χ1) is 13.2. The van der Waals surface area contributed by atoms with E-state index in [0.29, 0.717) is 35.4 Å². The Kier molecular flexibility index (Phi) is 6.30. The fourth-order valence-corrected chi connectivity index (χ4v) is 3.64. The van der Waals surface area contributed by atoms with Gasteiger partial charge in [0.15, 0.2) is 11.0 Å². The maximum atomic E-state index is 12.2. The van der Waals surface area contributed by atoms with Crippen LogP contribution >= 0.6 is 11.8 Å². The van der Waals surface area contributed by atoms with Gasteiger partial charge in [0.05, 0.1) is 18.2 Å². The number of piperidine rings is 1. The third-order valence-electron chi connectivity index (χ3n) is 4.55. The minimum absolute atomic E-state index is 0.178. The number of hydrogen-bond acceptors (Lipinski definition) is 7. The van der Waals surface area contributed by atoms with Crippen LogP contribution in [0.4, 0.5) is 5.82 Å². The van der Waals surface area contributed by atoms with E-state index < -0.39 is 0 Å². The second-order valence-electron chi connectivity index (χ2n) is 6.27. The molecule has 7 heteroatoms. The summed E-state index contributed by atoms with van der Waals surface area (Å²) in [6.45, 7) is 3.45. The fourth-order valence-electron chi connectivity index (χ4n) is 3.28. The van der Waals surface area contributed by atoms with E-state index in [2.05, 4.69) is 16.0 Å². The number of thioether (sulfide) groups is 1. The number of esters is 1. The topological polar surface area (TPSA) is 79.1 Å². The summed E-state index contributed by atoms with van der Waals surface area (Å²) in [5.41, 5.74) is 1.96. The van der Waals surface area contributed by atoms with Gasteiger partial charge in [-0.05, 0) is 26.0 Å². The zero-order valence-electron chi connectivity index (χ0n) is 15.5. The average molecular weight is 382 g/mol. The van der Waals surface area contributed by atoms with Crippen LogP contribution in [-0.2, 0) is 9.53 Å². The highest BCUT2D eigenvalue weighted by molar-refractivity contribution is 7.98. The molecule has 0 aliphatic carbocycles. The zero-order chi connectivity index (χ0) is 19.2. The van der Waals surface area contributed by atoms with Gasteiger partial charge in [-0.25, -0.2) is 9.97 Å². The molecule has 2 aromatic rings. The Morgan fingerprint density at radius 1 is 1.37 bits per heavy atom. The summed E-state index contributed by atoms with van der Waals surface area (Å²) >= 11 is 1.44. The Morgan fingerprint density at radius 3 is 2.81 bits per heavy atom. The van der Waals surface area contributed by atoms with Crippen LogP contribution in [0.3, 0.4) is 0 Å². The van der Waals surface area contributed by atoms with Crippen LogP contribution in [0.2, 0.25) is 0 Å². The van der Waals surface area contributed by atoms with Crippen molar-refractivity contribution in [2.24, 2.45) is 5.92 Å². The normalized spacial score (nSPS) is 16.6. The van der Waals surface area contributed by atoms with Gasteiger partial charge in [-0.15, -0.1) is 0 Å². The van der Waals surface area contributed by atoms with E-state index in [4.69, 9.17) is 4.74 Å². The molecule has 0 N–H and O–H groups in total. The van der Waals surface area contributed by atoms with Crippen LogP contribution in [-0.4, -0.2) is 41.9 Å². The first-order valence-electron chi connectivity index (χ1n) is 9.01. The first kappa shape index (κ1) is 19.2. The minimum atomic E-state index is -0.196. The average Bonchev–Trinajstić information content (AvgIpc) is 2.73. The molecule has 2 heterocycles. The lowest BCUT2D eigenvalue weighted by atomic mass is 9.97. The molecule has 6 nitrogen and oxygen atoms in total. The summed E-state index contributed by atoms with van der Waals surface area (Å²) < 4.78 is 5.19. The summed E-state index contributed by atoms with van der Waals surface area (Å²) in [4.78, 5) is 23.4. The molecule has 0 saturated carbocycles. The van der Waals surface area contributed by atoms with E-state index in [1.54, 1.807) is 0 Å². The number of nitriles is 1. The van der Waals surface area contributed by atoms with Crippen LogP contribution < -0.4 is 4.90 Å². The quantitative estimate of drug-likeness (QED) is 0.445. The predicted molar refractivity (Wildman–Crippen MR) is 106 cm³/mol. The number of carbonyl (C=O) groups excluding carboxylic acids is 1. The van der Waals surface area contributed by atoms with Gasteiger partial charge in [0.1, 0.15) is 11.6 Å². The number of nitrogens with zero attached hydrogens (tertiary/aromatic N) is 4. The smallest absolute Gasteiger partial charge is 0.310 e. The number of carbonyl (C=O) groups is 1. The summed E-state index contributed by atoms with van der Waals surface area (Å²) in [6, 6.07) is 11.9. The highest BCUT2D eigenvalue weighted by Crippen LogP contribution is 2.32. The highest BCUT2D eigenvalue weighted by Gasteiger charge is 2.30. The molecular formula is C20H22N4O2S. The van der Waals surface area contributed by atoms with Crippen molar-refractivity contribution in [3.8, 4) is 17.3 Å². The molecule has 1 saturated heterocycles. The van der Waals surface area contributed by atoms with E-state index in [9.17, 15) is 10.1 Å². The van der Waals surface area contributed by atoms with Gasteiger partial charge < -0.3 is 9.64 Å². The van der Waals surface area contributed by atoms with Crippen molar-refractivity contribution < 1.29 is 9.53 Å². The second-order valence-corrected chi connectivity index (χ2v) is 7.05. The molecule has 1 aliphatic heterocycles. The van der Waals surface area contributed by atoms with E-state index in [1.807, 2.05) is 48.4 Å². The third-order valence-corrected chi connectivity index (χ3v) is 5.10. The van der Waals surface area contributed by atoms with E-state index >= 15 is 0 Å². The van der Waals surface area contributed by atoms with Gasteiger partial charge in [0.25, 0.3) is 0 Å². The molecule has 0 amide bonds. The first-order valence-corrected chi connectivity index (χ1v) is 10.2. The van der Waals surface area contributed by atoms with Crippen LogP contribution in [0.25, 0.3) is 11.3 Å². The molecule has 1 aliphatic rings. The van der Waals surface area contributed by atoms with Crippen molar-refractivity contribution in [3.63, 3.8) is 0 Å².